The number of nitrogens with zero attached hydrogens (tertiary/aromatic N) is 4. The third kappa shape index (κ3) is 5.85. The van der Waals surface area contributed by atoms with Gasteiger partial charge in [0, 0.05) is 42.1 Å². The van der Waals surface area contributed by atoms with Crippen LogP contribution < -0.4 is 5.32 Å². The molecule has 1 amide bonds. The number of nitrogens with one attached hydrogen (secondary N) is 1. The van der Waals surface area contributed by atoms with Crippen molar-refractivity contribution in [3.63, 3.8) is 0 Å². The number of pyridine rings is 1. The molecule has 0 unspecified atom stereocenters. The minimum absolute atomic E-state index is 0.143. The number of anilines is 2. The van der Waals surface area contributed by atoms with Gasteiger partial charge < -0.3 is 19.5 Å². The summed E-state index contributed by atoms with van der Waals surface area (Å²) in [7, 11) is 0. The van der Waals surface area contributed by atoms with Crippen molar-refractivity contribution in [3.8, 4) is 22.5 Å². The van der Waals surface area contributed by atoms with E-state index in [9.17, 15) is 9.18 Å². The van der Waals surface area contributed by atoms with E-state index in [0.717, 1.165) is 41.0 Å². The van der Waals surface area contributed by atoms with Crippen molar-refractivity contribution < 1.29 is 13.9 Å². The Morgan fingerprint density at radius 3 is 2.37 bits per heavy atom. The number of amides is 1. The number of aromatic nitrogens is 3. The van der Waals surface area contributed by atoms with Crippen LogP contribution in [-0.2, 0) is 4.74 Å². The van der Waals surface area contributed by atoms with Gasteiger partial charge in [-0.25, -0.2) is 19.2 Å². The van der Waals surface area contributed by atoms with Gasteiger partial charge in [0.25, 0.3) is 0 Å². The first-order valence-corrected chi connectivity index (χ1v) is 12.9. The smallest absolute Gasteiger partial charge is 0.410 e. The Morgan fingerprint density at radius 2 is 1.68 bits per heavy atom. The molecular weight excluding hydrogens is 481 g/mol. The molecule has 38 heavy (non-hydrogen) atoms. The van der Waals surface area contributed by atoms with Crippen LogP contribution in [-0.4, -0.2) is 44.2 Å². The van der Waals surface area contributed by atoms with Gasteiger partial charge in [-0.1, -0.05) is 18.2 Å². The molecule has 8 heteroatoms. The third-order valence-corrected chi connectivity index (χ3v) is 6.50. The van der Waals surface area contributed by atoms with Crippen molar-refractivity contribution in [2.45, 2.75) is 45.3 Å². The number of imidazole rings is 1. The summed E-state index contributed by atoms with van der Waals surface area (Å²) in [6.07, 6.45) is 4.89. The van der Waals surface area contributed by atoms with Gasteiger partial charge in [0.05, 0.1) is 17.7 Å². The van der Waals surface area contributed by atoms with Crippen molar-refractivity contribution in [3.05, 3.63) is 85.1 Å². The summed E-state index contributed by atoms with van der Waals surface area (Å²) in [5.41, 5.74) is 3.91. The second-order valence-electron chi connectivity index (χ2n) is 10.5. The zero-order chi connectivity index (χ0) is 26.7. The maximum atomic E-state index is 13.7. The zero-order valence-corrected chi connectivity index (χ0v) is 21.9. The number of piperidine rings is 1. The topological polar surface area (TPSA) is 72.3 Å². The van der Waals surface area contributed by atoms with Crippen molar-refractivity contribution >= 4 is 17.6 Å². The third-order valence-electron chi connectivity index (χ3n) is 6.50. The molecule has 0 bridgehead atoms. The highest BCUT2D eigenvalue weighted by molar-refractivity contribution is 5.80. The van der Waals surface area contributed by atoms with Crippen molar-refractivity contribution in [1.82, 2.24) is 19.4 Å². The molecule has 1 aliphatic heterocycles. The van der Waals surface area contributed by atoms with E-state index in [1.807, 2.05) is 69.6 Å². The Bertz CT molecular complexity index is 1390. The number of ether oxygens (including phenoxy) is 1. The van der Waals surface area contributed by atoms with Crippen LogP contribution in [0, 0.1) is 5.82 Å². The molecule has 5 rings (SSSR count). The molecular formula is C30H32FN5O2. The lowest BCUT2D eigenvalue weighted by Crippen LogP contribution is -2.42. The summed E-state index contributed by atoms with van der Waals surface area (Å²) in [5, 5.41) is 3.36. The highest BCUT2D eigenvalue weighted by Crippen LogP contribution is 2.37. The summed E-state index contributed by atoms with van der Waals surface area (Å²) in [6.45, 7) is 6.83. The van der Waals surface area contributed by atoms with E-state index < -0.39 is 5.60 Å². The van der Waals surface area contributed by atoms with Crippen LogP contribution in [0.2, 0.25) is 0 Å². The molecule has 0 radical (unpaired) electrons. The second-order valence-corrected chi connectivity index (χ2v) is 10.5. The van der Waals surface area contributed by atoms with Gasteiger partial charge in [0.1, 0.15) is 17.2 Å². The van der Waals surface area contributed by atoms with Crippen molar-refractivity contribution in [2.24, 2.45) is 0 Å². The van der Waals surface area contributed by atoms with Gasteiger partial charge in [-0.15, -0.1) is 0 Å². The normalized spacial score (nSPS) is 14.4. The zero-order valence-electron chi connectivity index (χ0n) is 21.9. The Labute approximate surface area is 222 Å². The van der Waals surface area contributed by atoms with Gasteiger partial charge in [-0.2, -0.15) is 0 Å². The second kappa shape index (κ2) is 10.7. The fourth-order valence-corrected chi connectivity index (χ4v) is 4.71. The number of rotatable bonds is 5. The molecule has 0 spiro atoms. The maximum Gasteiger partial charge on any atom is 0.410 e. The van der Waals surface area contributed by atoms with Gasteiger partial charge in [-0.05, 0) is 82.1 Å². The van der Waals surface area contributed by atoms with Crippen LogP contribution in [0.5, 0.6) is 0 Å². The maximum absolute atomic E-state index is 13.7. The van der Waals surface area contributed by atoms with Gasteiger partial charge in [0.2, 0.25) is 0 Å². The Morgan fingerprint density at radius 1 is 0.974 bits per heavy atom. The summed E-state index contributed by atoms with van der Waals surface area (Å²) in [6, 6.07) is 20.4. The summed E-state index contributed by atoms with van der Waals surface area (Å²) >= 11 is 0. The van der Waals surface area contributed by atoms with Crippen LogP contribution in [0.4, 0.5) is 20.7 Å². The Kier molecular flexibility index (Phi) is 7.13. The molecule has 196 valence electrons. The minimum Gasteiger partial charge on any atom is -0.444 e. The fraction of sp³-hybridized carbons (Fsp3) is 0.300. The van der Waals surface area contributed by atoms with Crippen molar-refractivity contribution in [2.75, 3.05) is 18.4 Å². The highest BCUT2D eigenvalue weighted by atomic mass is 19.1. The van der Waals surface area contributed by atoms with Gasteiger partial charge in [0.15, 0.2) is 0 Å². The minimum atomic E-state index is -0.525. The lowest BCUT2D eigenvalue weighted by atomic mass is 10.0. The van der Waals surface area contributed by atoms with Crippen molar-refractivity contribution in [1.29, 1.82) is 0 Å². The number of benzene rings is 2. The number of likely N-dealkylation sites (tertiary alicyclic amines) is 1. The Balaban J connectivity index is 1.46. The predicted molar refractivity (Wildman–Crippen MR) is 147 cm³/mol. The van der Waals surface area contributed by atoms with Crippen LogP contribution in [0.1, 0.15) is 39.7 Å². The first-order chi connectivity index (χ1) is 18.3. The number of carbonyl (C=O) groups is 1. The largest absolute Gasteiger partial charge is 0.444 e. The van der Waals surface area contributed by atoms with Crippen LogP contribution in [0.15, 0.2) is 79.3 Å². The number of para-hydroxylation sites is 1. The first-order valence-electron chi connectivity index (χ1n) is 12.9. The molecule has 7 nitrogen and oxygen atoms in total. The standard InChI is InChI=1S/C30H32FN5O2/c1-30(2,3)38-29(37)35-17-14-25(15-18-35)36-20-33-27(21-9-11-23(31)12-10-21)28(36)22-13-16-32-26(19-22)34-24-7-5-4-6-8-24/h4-13,16,19-20,25H,14-15,17-18H2,1-3H3,(H,32,34). The van der Waals surface area contributed by atoms with E-state index in [2.05, 4.69) is 14.9 Å². The fourth-order valence-electron chi connectivity index (χ4n) is 4.71. The lowest BCUT2D eigenvalue weighted by molar-refractivity contribution is 0.0189. The summed E-state index contributed by atoms with van der Waals surface area (Å²) in [5.74, 6) is 0.425. The average Bonchev–Trinajstić information content (AvgIpc) is 3.34. The quantitative estimate of drug-likeness (QED) is 0.309. The van der Waals surface area contributed by atoms with E-state index in [1.54, 1.807) is 23.2 Å². The van der Waals surface area contributed by atoms with Crippen LogP contribution in [0.3, 0.4) is 0 Å². The predicted octanol–water partition coefficient (Wildman–Crippen LogP) is 7.07. The molecule has 1 fully saturated rings. The Hall–Kier alpha value is -4.20. The molecule has 1 saturated heterocycles. The van der Waals surface area contributed by atoms with E-state index in [-0.39, 0.29) is 18.0 Å². The van der Waals surface area contributed by atoms with Gasteiger partial charge in [-0.3, -0.25) is 0 Å². The van der Waals surface area contributed by atoms with E-state index in [0.29, 0.717) is 18.9 Å². The lowest BCUT2D eigenvalue weighted by Gasteiger charge is -2.34. The molecule has 1 N–H and O–H groups in total. The molecule has 0 aliphatic carbocycles. The summed E-state index contributed by atoms with van der Waals surface area (Å²) in [4.78, 5) is 23.7. The molecule has 0 atom stereocenters. The van der Waals surface area contributed by atoms with Gasteiger partial charge >= 0.3 is 6.09 Å². The molecule has 3 heterocycles. The monoisotopic (exact) mass is 513 g/mol. The average molecular weight is 514 g/mol. The van der Waals surface area contributed by atoms with Crippen LogP contribution >= 0.6 is 0 Å². The number of carbonyl (C=O) groups excluding carboxylic acids is 1. The van der Waals surface area contributed by atoms with Crippen LogP contribution in [0.25, 0.3) is 22.5 Å². The molecule has 2 aromatic heterocycles. The molecule has 4 aromatic rings. The summed E-state index contributed by atoms with van der Waals surface area (Å²) < 4.78 is 21.5. The molecule has 2 aromatic carbocycles. The number of hydrogen-bond donors (Lipinski definition) is 1. The highest BCUT2D eigenvalue weighted by Gasteiger charge is 2.29. The first kappa shape index (κ1) is 25.4. The molecule has 0 saturated carbocycles. The number of hydrogen-bond acceptors (Lipinski definition) is 5. The number of halogens is 1. The SMILES string of the molecule is CC(C)(C)OC(=O)N1CCC(n2cnc(-c3ccc(F)cc3)c2-c2ccnc(Nc3ccccc3)c2)CC1. The van der Waals surface area contributed by atoms with E-state index in [4.69, 9.17) is 9.72 Å². The van der Waals surface area contributed by atoms with E-state index >= 15 is 0 Å². The molecule has 1 aliphatic rings. The van der Waals surface area contributed by atoms with E-state index in [1.165, 1.54) is 12.1 Å².